The van der Waals surface area contributed by atoms with E-state index in [1.807, 2.05) is 6.92 Å². The van der Waals surface area contributed by atoms with E-state index in [1.165, 1.54) is 22.0 Å². The highest BCUT2D eigenvalue weighted by atomic mass is 16.2. The molecule has 1 fully saturated rings. The van der Waals surface area contributed by atoms with E-state index in [9.17, 15) is 4.79 Å². The summed E-state index contributed by atoms with van der Waals surface area (Å²) in [6.07, 6.45) is 3.08. The highest BCUT2D eigenvalue weighted by Gasteiger charge is 2.44. The maximum atomic E-state index is 12.0. The van der Waals surface area contributed by atoms with Crippen LogP contribution in [-0.2, 0) is 17.8 Å². The van der Waals surface area contributed by atoms with Crippen LogP contribution in [0, 0.1) is 12.3 Å². The van der Waals surface area contributed by atoms with E-state index in [-0.39, 0.29) is 11.3 Å². The van der Waals surface area contributed by atoms with Crippen LogP contribution in [0.4, 0.5) is 0 Å². The molecule has 0 atom stereocenters. The maximum absolute atomic E-state index is 12.0. The fourth-order valence-corrected chi connectivity index (χ4v) is 2.63. The average Bonchev–Trinajstić information content (AvgIpc) is 3.13. The third-order valence-electron chi connectivity index (χ3n) is 4.61. The molecule has 106 valence electrons. The number of aromatic amines is 1. The van der Waals surface area contributed by atoms with E-state index in [2.05, 4.69) is 42.3 Å². The first-order valence-corrected chi connectivity index (χ1v) is 7.42. The molecular weight excluding hydrogens is 248 g/mol. The van der Waals surface area contributed by atoms with Crippen molar-refractivity contribution in [3.8, 4) is 0 Å². The van der Waals surface area contributed by atoms with E-state index >= 15 is 0 Å². The molecule has 1 aliphatic rings. The van der Waals surface area contributed by atoms with Crippen LogP contribution >= 0.6 is 0 Å². The largest absolute Gasteiger partial charge is 0.357 e. The normalized spacial score (nSPS) is 16.4. The molecule has 2 aromatic rings. The van der Waals surface area contributed by atoms with Crippen molar-refractivity contribution in [2.75, 3.05) is 0 Å². The summed E-state index contributed by atoms with van der Waals surface area (Å²) in [4.78, 5) is 15.5. The van der Waals surface area contributed by atoms with Gasteiger partial charge in [0.2, 0.25) is 5.91 Å². The lowest BCUT2D eigenvalue weighted by atomic mass is 10.1. The molecule has 1 amide bonds. The quantitative estimate of drug-likeness (QED) is 0.878. The van der Waals surface area contributed by atoms with Crippen LogP contribution in [0.25, 0.3) is 10.9 Å². The molecule has 1 heterocycles. The van der Waals surface area contributed by atoms with Crippen molar-refractivity contribution in [1.82, 2.24) is 10.3 Å². The fraction of sp³-hybridized carbons (Fsp3) is 0.471. The molecular formula is C17H22N2O. The second-order valence-corrected chi connectivity index (χ2v) is 6.21. The zero-order chi connectivity index (χ0) is 14.3. The molecule has 3 rings (SSSR count). The number of fused-ring (bicyclic) bond motifs is 1. The van der Waals surface area contributed by atoms with Crippen molar-refractivity contribution in [2.45, 2.75) is 46.6 Å². The third-order valence-corrected chi connectivity index (χ3v) is 4.61. The molecule has 0 unspecified atom stereocenters. The van der Waals surface area contributed by atoms with Gasteiger partial charge in [-0.1, -0.05) is 26.0 Å². The highest BCUT2D eigenvalue weighted by Crippen LogP contribution is 2.45. The number of H-pyrrole nitrogens is 1. The van der Waals surface area contributed by atoms with E-state index in [1.54, 1.807) is 0 Å². The van der Waals surface area contributed by atoms with Gasteiger partial charge in [-0.05, 0) is 43.4 Å². The minimum atomic E-state index is -0.102. The van der Waals surface area contributed by atoms with Gasteiger partial charge >= 0.3 is 0 Å². The summed E-state index contributed by atoms with van der Waals surface area (Å²) in [5.74, 6) is 0.185. The van der Waals surface area contributed by atoms with Crippen molar-refractivity contribution < 1.29 is 4.79 Å². The number of carbonyl (C=O) groups is 1. The van der Waals surface area contributed by atoms with Gasteiger partial charge < -0.3 is 10.3 Å². The van der Waals surface area contributed by atoms with Gasteiger partial charge in [0.1, 0.15) is 0 Å². The molecule has 0 bridgehead atoms. The maximum Gasteiger partial charge on any atom is 0.226 e. The molecule has 20 heavy (non-hydrogen) atoms. The molecule has 1 aromatic heterocycles. The molecule has 0 radical (unpaired) electrons. The van der Waals surface area contributed by atoms with Gasteiger partial charge in [0, 0.05) is 22.0 Å². The minimum Gasteiger partial charge on any atom is -0.357 e. The van der Waals surface area contributed by atoms with Crippen molar-refractivity contribution in [1.29, 1.82) is 0 Å². The predicted octanol–water partition coefficient (Wildman–Crippen LogP) is 3.46. The third kappa shape index (κ3) is 2.21. The Bertz CT molecular complexity index is 665. The monoisotopic (exact) mass is 270 g/mol. The molecule has 1 aliphatic carbocycles. The zero-order valence-corrected chi connectivity index (χ0v) is 12.5. The Labute approximate surface area is 119 Å². The van der Waals surface area contributed by atoms with Gasteiger partial charge in [-0.2, -0.15) is 0 Å². The molecule has 0 aliphatic heterocycles. The second kappa shape index (κ2) is 4.65. The van der Waals surface area contributed by atoms with Gasteiger partial charge in [0.15, 0.2) is 0 Å². The molecule has 3 nitrogen and oxygen atoms in total. The number of amides is 1. The number of hydrogen-bond donors (Lipinski definition) is 2. The van der Waals surface area contributed by atoms with Crippen LogP contribution in [0.5, 0.6) is 0 Å². The summed E-state index contributed by atoms with van der Waals surface area (Å²) in [7, 11) is 0. The lowest BCUT2D eigenvalue weighted by Crippen LogP contribution is -2.30. The second-order valence-electron chi connectivity index (χ2n) is 6.21. The standard InChI is InChI=1S/C17H22N2O/c1-4-12-5-6-13-11(2)15(19-14(13)9-12)10-18-16(20)17(3)7-8-17/h5-6,9,19H,4,7-8,10H2,1-3H3,(H,18,20). The van der Waals surface area contributed by atoms with Gasteiger partial charge in [-0.25, -0.2) is 0 Å². The van der Waals surface area contributed by atoms with Crippen LogP contribution in [0.15, 0.2) is 18.2 Å². The molecule has 1 saturated carbocycles. The summed E-state index contributed by atoms with van der Waals surface area (Å²) in [5, 5.41) is 4.32. The van der Waals surface area contributed by atoms with Gasteiger partial charge in [0.05, 0.1) is 6.54 Å². The topological polar surface area (TPSA) is 44.9 Å². The summed E-state index contributed by atoms with van der Waals surface area (Å²) in [5.41, 5.74) is 4.76. The van der Waals surface area contributed by atoms with Crippen LogP contribution < -0.4 is 5.32 Å². The summed E-state index contributed by atoms with van der Waals surface area (Å²) >= 11 is 0. The number of hydrogen-bond acceptors (Lipinski definition) is 1. The molecule has 3 heteroatoms. The van der Waals surface area contributed by atoms with E-state index in [0.29, 0.717) is 6.54 Å². The lowest BCUT2D eigenvalue weighted by Gasteiger charge is -2.09. The first kappa shape index (κ1) is 13.2. The number of nitrogens with one attached hydrogen (secondary N) is 2. The highest BCUT2D eigenvalue weighted by molar-refractivity contribution is 5.86. The Hall–Kier alpha value is -1.77. The molecule has 1 aromatic carbocycles. The smallest absolute Gasteiger partial charge is 0.226 e. The molecule has 2 N–H and O–H groups in total. The number of aryl methyl sites for hydroxylation is 2. The fourth-order valence-electron chi connectivity index (χ4n) is 2.63. The average molecular weight is 270 g/mol. The summed E-state index contributed by atoms with van der Waals surface area (Å²) in [6.45, 7) is 6.91. The number of benzene rings is 1. The van der Waals surface area contributed by atoms with Gasteiger partial charge in [-0.15, -0.1) is 0 Å². The van der Waals surface area contributed by atoms with Crippen molar-refractivity contribution >= 4 is 16.8 Å². The Morgan fingerprint density at radius 1 is 1.40 bits per heavy atom. The Kier molecular flexibility index (Phi) is 3.08. The van der Waals surface area contributed by atoms with Crippen molar-refractivity contribution in [3.05, 3.63) is 35.0 Å². The van der Waals surface area contributed by atoms with Gasteiger partial charge in [-0.3, -0.25) is 4.79 Å². The number of aromatic nitrogens is 1. The predicted molar refractivity (Wildman–Crippen MR) is 81.6 cm³/mol. The van der Waals surface area contributed by atoms with E-state index < -0.39 is 0 Å². The minimum absolute atomic E-state index is 0.102. The Morgan fingerprint density at radius 3 is 2.80 bits per heavy atom. The lowest BCUT2D eigenvalue weighted by molar-refractivity contribution is -0.125. The van der Waals surface area contributed by atoms with Crippen molar-refractivity contribution in [2.24, 2.45) is 5.41 Å². The SMILES string of the molecule is CCc1ccc2c(C)c(CNC(=O)C3(C)CC3)[nH]c2c1. The number of carbonyl (C=O) groups excluding carboxylic acids is 1. The summed E-state index contributed by atoms with van der Waals surface area (Å²) in [6, 6.07) is 6.56. The van der Waals surface area contributed by atoms with Crippen LogP contribution in [-0.4, -0.2) is 10.9 Å². The molecule has 0 saturated heterocycles. The summed E-state index contributed by atoms with van der Waals surface area (Å²) < 4.78 is 0. The van der Waals surface area contributed by atoms with E-state index in [0.717, 1.165) is 25.0 Å². The molecule has 0 spiro atoms. The van der Waals surface area contributed by atoms with Crippen LogP contribution in [0.2, 0.25) is 0 Å². The van der Waals surface area contributed by atoms with Crippen LogP contribution in [0.1, 0.15) is 43.5 Å². The Balaban J connectivity index is 1.81. The first-order chi connectivity index (χ1) is 9.53. The van der Waals surface area contributed by atoms with Crippen molar-refractivity contribution in [3.63, 3.8) is 0 Å². The van der Waals surface area contributed by atoms with Gasteiger partial charge in [0.25, 0.3) is 0 Å². The first-order valence-electron chi connectivity index (χ1n) is 7.42. The van der Waals surface area contributed by atoms with Crippen LogP contribution in [0.3, 0.4) is 0 Å². The number of rotatable bonds is 4. The zero-order valence-electron chi connectivity index (χ0n) is 12.5. The Morgan fingerprint density at radius 2 is 2.15 bits per heavy atom. The van der Waals surface area contributed by atoms with E-state index in [4.69, 9.17) is 0 Å².